The van der Waals surface area contributed by atoms with Crippen molar-refractivity contribution in [2.45, 2.75) is 25.3 Å². The monoisotopic (exact) mass is 438 g/mol. The zero-order valence-electron chi connectivity index (χ0n) is 17.3. The van der Waals surface area contributed by atoms with Gasteiger partial charge >= 0.3 is 0 Å². The average Bonchev–Trinajstić information content (AvgIpc) is 3.30. The molecule has 1 aliphatic rings. The summed E-state index contributed by atoms with van der Waals surface area (Å²) >= 11 is 0. The van der Waals surface area contributed by atoms with Crippen molar-refractivity contribution in [1.29, 1.82) is 0 Å². The van der Waals surface area contributed by atoms with E-state index in [1.165, 1.54) is 18.2 Å². The van der Waals surface area contributed by atoms with Crippen LogP contribution in [0.1, 0.15) is 30.0 Å². The van der Waals surface area contributed by atoms with Crippen LogP contribution in [-0.4, -0.2) is 20.4 Å². The largest absolute Gasteiger partial charge is 0.352 e. The Kier molecular flexibility index (Phi) is 5.00. The van der Waals surface area contributed by atoms with Crippen LogP contribution in [0.25, 0.3) is 22.2 Å². The fraction of sp³-hybridized carbons (Fsp3) is 0.250. The molecular weight excluding hydrogens is 417 g/mol. The first kappa shape index (κ1) is 20.4. The summed E-state index contributed by atoms with van der Waals surface area (Å²) in [5.41, 5.74) is 3.06. The first-order valence-electron chi connectivity index (χ1n) is 10.4. The summed E-state index contributed by atoms with van der Waals surface area (Å²) in [6, 6.07) is 8.02. The van der Waals surface area contributed by atoms with Crippen LogP contribution in [0.15, 0.2) is 48.9 Å². The lowest BCUT2D eigenvalue weighted by Crippen LogP contribution is -2.37. The number of fused-ring (bicyclic) bond motifs is 1. The number of carbonyl (C=O) groups excluding carboxylic acids is 1. The van der Waals surface area contributed by atoms with Gasteiger partial charge in [-0.05, 0) is 60.2 Å². The Morgan fingerprint density at radius 3 is 2.59 bits per heavy atom. The van der Waals surface area contributed by atoms with E-state index in [0.717, 1.165) is 17.3 Å². The molecule has 1 saturated carbocycles. The Morgan fingerprint density at radius 2 is 1.91 bits per heavy atom. The van der Waals surface area contributed by atoms with E-state index >= 15 is 0 Å². The van der Waals surface area contributed by atoms with Crippen molar-refractivity contribution < 1.29 is 18.0 Å². The number of hydrogen-bond acceptors (Lipinski definition) is 2. The number of halogens is 3. The van der Waals surface area contributed by atoms with Crippen LogP contribution in [0, 0.1) is 23.4 Å². The molecule has 0 bridgehead atoms. The van der Waals surface area contributed by atoms with Gasteiger partial charge in [0.25, 0.3) is 0 Å². The highest BCUT2D eigenvalue weighted by Gasteiger charge is 2.38. The number of amides is 1. The standard InChI is InChI=1S/C24H21F3N4O/c1-31-11-18(29-12-31)10-28-24(32)15-6-14(7-15)21-19-8-17(26)9-20(27)23(19)30-22(21)13-2-4-16(25)5-3-13/h2-5,8-9,11-12,14-15,30H,6-7,10H2,1H3,(H,28,32). The number of nitrogens with zero attached hydrogens (tertiary/aromatic N) is 2. The first-order valence-corrected chi connectivity index (χ1v) is 10.4. The van der Waals surface area contributed by atoms with Crippen molar-refractivity contribution in [3.05, 3.63) is 77.6 Å². The number of nitrogens with one attached hydrogen (secondary N) is 2. The van der Waals surface area contributed by atoms with Crippen molar-refractivity contribution in [3.63, 3.8) is 0 Å². The van der Waals surface area contributed by atoms with E-state index in [9.17, 15) is 18.0 Å². The van der Waals surface area contributed by atoms with Crippen LogP contribution in [-0.2, 0) is 18.4 Å². The molecule has 2 aromatic heterocycles. The Hall–Kier alpha value is -3.55. The third-order valence-electron chi connectivity index (χ3n) is 6.12. The Bertz CT molecular complexity index is 1300. The van der Waals surface area contributed by atoms with Crippen molar-refractivity contribution in [2.24, 2.45) is 13.0 Å². The minimum absolute atomic E-state index is 0.0457. The molecule has 0 unspecified atom stereocenters. The molecule has 0 aliphatic heterocycles. The molecule has 2 N–H and O–H groups in total. The van der Waals surface area contributed by atoms with Gasteiger partial charge in [0.2, 0.25) is 5.91 Å². The first-order chi connectivity index (χ1) is 15.4. The highest BCUT2D eigenvalue weighted by Crippen LogP contribution is 2.48. The number of aromatic amines is 1. The number of carbonyl (C=O) groups is 1. The van der Waals surface area contributed by atoms with Crippen LogP contribution in [0.4, 0.5) is 13.2 Å². The molecule has 1 amide bonds. The topological polar surface area (TPSA) is 62.7 Å². The van der Waals surface area contributed by atoms with E-state index in [1.54, 1.807) is 18.5 Å². The molecule has 0 spiro atoms. The van der Waals surface area contributed by atoms with Crippen LogP contribution in [0.5, 0.6) is 0 Å². The van der Waals surface area contributed by atoms with Crippen molar-refractivity contribution in [3.8, 4) is 11.3 Å². The van der Waals surface area contributed by atoms with Gasteiger partial charge in [0, 0.05) is 30.6 Å². The number of aromatic nitrogens is 3. The molecule has 0 atom stereocenters. The van der Waals surface area contributed by atoms with E-state index in [2.05, 4.69) is 15.3 Å². The van der Waals surface area contributed by atoms with Gasteiger partial charge in [0.05, 0.1) is 29.8 Å². The van der Waals surface area contributed by atoms with Crippen LogP contribution < -0.4 is 5.32 Å². The SMILES string of the molecule is Cn1cnc(CNC(=O)C2CC(c3c(-c4ccc(F)cc4)[nH]c4c(F)cc(F)cc34)C2)c1. The maximum absolute atomic E-state index is 14.5. The highest BCUT2D eigenvalue weighted by molar-refractivity contribution is 5.92. The number of aryl methyl sites for hydroxylation is 1. The van der Waals surface area contributed by atoms with E-state index < -0.39 is 11.6 Å². The molecule has 4 aromatic rings. The van der Waals surface area contributed by atoms with Gasteiger partial charge in [0.15, 0.2) is 0 Å². The van der Waals surface area contributed by atoms with Gasteiger partial charge < -0.3 is 14.9 Å². The van der Waals surface area contributed by atoms with E-state index in [-0.39, 0.29) is 29.1 Å². The van der Waals surface area contributed by atoms with Gasteiger partial charge in [-0.1, -0.05) is 0 Å². The second kappa shape index (κ2) is 7.85. The molecule has 32 heavy (non-hydrogen) atoms. The molecule has 2 heterocycles. The number of rotatable bonds is 5. The number of hydrogen-bond donors (Lipinski definition) is 2. The van der Waals surface area contributed by atoms with Crippen molar-refractivity contribution >= 4 is 16.8 Å². The molecule has 8 heteroatoms. The zero-order chi connectivity index (χ0) is 22.4. The quantitative estimate of drug-likeness (QED) is 0.470. The molecule has 0 saturated heterocycles. The molecule has 5 nitrogen and oxygen atoms in total. The average molecular weight is 438 g/mol. The normalized spacial score (nSPS) is 18.0. The lowest BCUT2D eigenvalue weighted by molar-refractivity contribution is -0.128. The van der Waals surface area contributed by atoms with Gasteiger partial charge in [-0.3, -0.25) is 4.79 Å². The predicted molar refractivity (Wildman–Crippen MR) is 114 cm³/mol. The van der Waals surface area contributed by atoms with E-state index in [1.807, 2.05) is 17.8 Å². The summed E-state index contributed by atoms with van der Waals surface area (Å²) in [7, 11) is 1.86. The number of imidazole rings is 1. The van der Waals surface area contributed by atoms with Gasteiger partial charge in [-0.25, -0.2) is 18.2 Å². The minimum atomic E-state index is -0.682. The third kappa shape index (κ3) is 3.66. The summed E-state index contributed by atoms with van der Waals surface area (Å²) < 4.78 is 43.7. The van der Waals surface area contributed by atoms with Crippen LogP contribution >= 0.6 is 0 Å². The molecular formula is C24H21F3N4O. The Labute approximate surface area is 182 Å². The lowest BCUT2D eigenvalue weighted by atomic mass is 9.70. The summed E-state index contributed by atoms with van der Waals surface area (Å²) in [4.78, 5) is 19.8. The molecule has 5 rings (SSSR count). The Morgan fingerprint density at radius 1 is 1.16 bits per heavy atom. The molecule has 164 valence electrons. The summed E-state index contributed by atoms with van der Waals surface area (Å²) in [6.07, 6.45) is 4.64. The number of H-pyrrole nitrogens is 1. The number of benzene rings is 2. The fourth-order valence-electron chi connectivity index (χ4n) is 4.46. The zero-order valence-corrected chi connectivity index (χ0v) is 17.3. The second-order valence-corrected chi connectivity index (χ2v) is 8.34. The second-order valence-electron chi connectivity index (χ2n) is 8.34. The Balaban J connectivity index is 1.40. The summed E-state index contributed by atoms with van der Waals surface area (Å²) in [6.45, 7) is 0.352. The van der Waals surface area contributed by atoms with Crippen molar-refractivity contribution in [2.75, 3.05) is 0 Å². The summed E-state index contributed by atoms with van der Waals surface area (Å²) in [5.74, 6) is -2.02. The van der Waals surface area contributed by atoms with Gasteiger partial charge in [-0.15, -0.1) is 0 Å². The van der Waals surface area contributed by atoms with Crippen molar-refractivity contribution in [1.82, 2.24) is 19.9 Å². The highest BCUT2D eigenvalue weighted by atomic mass is 19.1. The van der Waals surface area contributed by atoms with Crippen LogP contribution in [0.2, 0.25) is 0 Å². The maximum atomic E-state index is 14.5. The predicted octanol–water partition coefficient (Wildman–Crippen LogP) is 4.80. The van der Waals surface area contributed by atoms with E-state index in [4.69, 9.17) is 0 Å². The minimum Gasteiger partial charge on any atom is -0.352 e. The van der Waals surface area contributed by atoms with Crippen LogP contribution in [0.3, 0.4) is 0 Å². The van der Waals surface area contributed by atoms with E-state index in [0.29, 0.717) is 36.0 Å². The fourth-order valence-corrected chi connectivity index (χ4v) is 4.46. The third-order valence-corrected chi connectivity index (χ3v) is 6.12. The molecule has 1 aliphatic carbocycles. The van der Waals surface area contributed by atoms with Gasteiger partial charge in [0.1, 0.15) is 17.5 Å². The molecule has 1 fully saturated rings. The van der Waals surface area contributed by atoms with Gasteiger partial charge in [-0.2, -0.15) is 0 Å². The maximum Gasteiger partial charge on any atom is 0.223 e. The smallest absolute Gasteiger partial charge is 0.223 e. The molecule has 2 aromatic carbocycles. The molecule has 0 radical (unpaired) electrons. The summed E-state index contributed by atoms with van der Waals surface area (Å²) in [5, 5.41) is 3.36. The lowest BCUT2D eigenvalue weighted by Gasteiger charge is -2.35.